The number of nitrogens with two attached hydrogens (primary N) is 1. The molecule has 74 valence electrons. The van der Waals surface area contributed by atoms with Crippen LogP contribution in [0.15, 0.2) is 12.3 Å². The molecule has 4 nitrogen and oxygen atoms in total. The molecule has 0 aliphatic carbocycles. The molecule has 0 amide bonds. The van der Waals surface area contributed by atoms with Gasteiger partial charge in [-0.25, -0.2) is 0 Å². The number of nitrogens with zero attached hydrogens (tertiary/aromatic N) is 2. The first-order valence-corrected chi connectivity index (χ1v) is 4.59. The highest BCUT2D eigenvalue weighted by Gasteiger charge is 1.95. The van der Waals surface area contributed by atoms with Crippen LogP contribution in [0, 0.1) is 0 Å². The molecule has 0 saturated carbocycles. The first-order chi connectivity index (χ1) is 6.18. The lowest BCUT2D eigenvalue weighted by Crippen LogP contribution is -2.07. The van der Waals surface area contributed by atoms with Crippen LogP contribution in [0.3, 0.4) is 0 Å². The number of rotatable bonds is 5. The average Bonchev–Trinajstić information content (AvgIpc) is 2.45. The molecule has 13 heavy (non-hydrogen) atoms. The second-order valence-corrected chi connectivity index (χ2v) is 3.28. The summed E-state index contributed by atoms with van der Waals surface area (Å²) >= 11 is 0. The number of aromatic nitrogens is 2. The third-order valence-electron chi connectivity index (χ3n) is 1.64. The smallest absolute Gasteiger partial charge is 0.145 e. The zero-order valence-corrected chi connectivity index (χ0v) is 8.23. The maximum Gasteiger partial charge on any atom is 0.145 e. The summed E-state index contributed by atoms with van der Waals surface area (Å²) in [6, 6.07) is 1.79. The zero-order valence-electron chi connectivity index (χ0n) is 8.23. The van der Waals surface area contributed by atoms with Crippen molar-refractivity contribution in [3.63, 3.8) is 0 Å². The van der Waals surface area contributed by atoms with Crippen molar-refractivity contribution in [1.29, 1.82) is 0 Å². The van der Waals surface area contributed by atoms with Gasteiger partial charge >= 0.3 is 0 Å². The number of anilines is 1. The van der Waals surface area contributed by atoms with Crippen molar-refractivity contribution in [3.05, 3.63) is 12.3 Å². The molecule has 1 aromatic heterocycles. The maximum absolute atomic E-state index is 5.47. The molecule has 0 aromatic carbocycles. The van der Waals surface area contributed by atoms with Crippen LogP contribution >= 0.6 is 0 Å². The Bertz CT molecular complexity index is 245. The van der Waals surface area contributed by atoms with Crippen molar-refractivity contribution in [2.24, 2.45) is 0 Å². The lowest BCUT2D eigenvalue weighted by molar-refractivity contribution is 0.0743. The Morgan fingerprint density at radius 2 is 2.38 bits per heavy atom. The lowest BCUT2D eigenvalue weighted by Gasteiger charge is -2.06. The van der Waals surface area contributed by atoms with Gasteiger partial charge in [0.15, 0.2) is 0 Å². The van der Waals surface area contributed by atoms with Gasteiger partial charge in [0, 0.05) is 19.3 Å². The fourth-order valence-corrected chi connectivity index (χ4v) is 1.05. The Morgan fingerprint density at radius 3 is 2.92 bits per heavy atom. The van der Waals surface area contributed by atoms with E-state index in [0.29, 0.717) is 11.9 Å². The van der Waals surface area contributed by atoms with E-state index in [0.717, 1.165) is 19.6 Å². The standard InChI is InChI=1S/C9H17N3O/c1-8(2)13-7-3-5-12-6-4-9(10)11-12/h4,6,8H,3,5,7H2,1-2H3,(H2,10,11). The minimum Gasteiger partial charge on any atom is -0.382 e. The van der Waals surface area contributed by atoms with Gasteiger partial charge in [0.1, 0.15) is 5.82 Å². The summed E-state index contributed by atoms with van der Waals surface area (Å²) in [5, 5.41) is 4.07. The summed E-state index contributed by atoms with van der Waals surface area (Å²) in [7, 11) is 0. The molecule has 1 rings (SSSR count). The van der Waals surface area contributed by atoms with E-state index in [1.807, 2.05) is 24.7 Å². The van der Waals surface area contributed by atoms with Crippen LogP contribution in [0.4, 0.5) is 5.82 Å². The Morgan fingerprint density at radius 1 is 1.62 bits per heavy atom. The SMILES string of the molecule is CC(C)OCCCn1ccc(N)n1. The van der Waals surface area contributed by atoms with E-state index < -0.39 is 0 Å². The summed E-state index contributed by atoms with van der Waals surface area (Å²) in [6.45, 7) is 5.71. The van der Waals surface area contributed by atoms with Crippen molar-refractivity contribution in [2.45, 2.75) is 32.9 Å². The third kappa shape index (κ3) is 3.94. The van der Waals surface area contributed by atoms with Crippen LogP contribution < -0.4 is 5.73 Å². The molecule has 1 heterocycles. The van der Waals surface area contributed by atoms with Gasteiger partial charge in [-0.3, -0.25) is 4.68 Å². The highest BCUT2D eigenvalue weighted by atomic mass is 16.5. The largest absolute Gasteiger partial charge is 0.382 e. The van der Waals surface area contributed by atoms with E-state index >= 15 is 0 Å². The first kappa shape index (κ1) is 10.1. The summed E-state index contributed by atoms with van der Waals surface area (Å²) < 4.78 is 7.23. The lowest BCUT2D eigenvalue weighted by atomic mass is 10.4. The minimum atomic E-state index is 0.308. The molecule has 0 atom stereocenters. The molecule has 0 saturated heterocycles. The van der Waals surface area contributed by atoms with Crippen LogP contribution in [0.25, 0.3) is 0 Å². The highest BCUT2D eigenvalue weighted by molar-refractivity contribution is 5.23. The van der Waals surface area contributed by atoms with Gasteiger partial charge in [-0.1, -0.05) is 0 Å². The topological polar surface area (TPSA) is 53.1 Å². The molecule has 0 fully saturated rings. The monoisotopic (exact) mass is 183 g/mol. The van der Waals surface area contributed by atoms with E-state index in [1.54, 1.807) is 6.07 Å². The fourth-order valence-electron chi connectivity index (χ4n) is 1.05. The third-order valence-corrected chi connectivity index (χ3v) is 1.64. The summed E-state index contributed by atoms with van der Waals surface area (Å²) in [6.07, 6.45) is 3.16. The molecule has 0 spiro atoms. The predicted octanol–water partition coefficient (Wildman–Crippen LogP) is 1.28. The number of ether oxygens (including phenoxy) is 1. The van der Waals surface area contributed by atoms with Gasteiger partial charge < -0.3 is 10.5 Å². The van der Waals surface area contributed by atoms with Crippen molar-refractivity contribution < 1.29 is 4.74 Å². The van der Waals surface area contributed by atoms with Crippen LogP contribution in [0.1, 0.15) is 20.3 Å². The molecule has 0 radical (unpaired) electrons. The normalized spacial score (nSPS) is 11.0. The van der Waals surface area contributed by atoms with Crippen molar-refractivity contribution in [1.82, 2.24) is 9.78 Å². The van der Waals surface area contributed by atoms with Crippen LogP contribution in [0.5, 0.6) is 0 Å². The zero-order chi connectivity index (χ0) is 9.68. The summed E-state index contributed by atoms with van der Waals surface area (Å²) in [4.78, 5) is 0. The molecule has 0 bridgehead atoms. The quantitative estimate of drug-likeness (QED) is 0.700. The van der Waals surface area contributed by atoms with Crippen molar-refractivity contribution in [3.8, 4) is 0 Å². The Kier molecular flexibility index (Phi) is 3.76. The van der Waals surface area contributed by atoms with E-state index in [1.165, 1.54) is 0 Å². The summed E-state index contributed by atoms with van der Waals surface area (Å²) in [5.74, 6) is 0.574. The van der Waals surface area contributed by atoms with Gasteiger partial charge in [-0.2, -0.15) is 5.10 Å². The van der Waals surface area contributed by atoms with Crippen LogP contribution in [-0.4, -0.2) is 22.5 Å². The first-order valence-electron chi connectivity index (χ1n) is 4.59. The van der Waals surface area contributed by atoms with E-state index in [-0.39, 0.29) is 0 Å². The van der Waals surface area contributed by atoms with E-state index in [2.05, 4.69) is 5.10 Å². The molecule has 0 aliphatic heterocycles. The van der Waals surface area contributed by atoms with Gasteiger partial charge in [0.2, 0.25) is 0 Å². The Labute approximate surface area is 78.7 Å². The molecule has 1 aromatic rings. The number of hydrogen-bond donors (Lipinski definition) is 1. The highest BCUT2D eigenvalue weighted by Crippen LogP contribution is 1.98. The average molecular weight is 183 g/mol. The molecule has 4 heteroatoms. The van der Waals surface area contributed by atoms with Gasteiger partial charge in [-0.15, -0.1) is 0 Å². The maximum atomic E-state index is 5.47. The van der Waals surface area contributed by atoms with E-state index in [4.69, 9.17) is 10.5 Å². The Balaban J connectivity index is 2.13. The van der Waals surface area contributed by atoms with Crippen molar-refractivity contribution in [2.75, 3.05) is 12.3 Å². The summed E-state index contributed by atoms with van der Waals surface area (Å²) in [5.41, 5.74) is 5.47. The second-order valence-electron chi connectivity index (χ2n) is 3.28. The van der Waals surface area contributed by atoms with Gasteiger partial charge in [0.05, 0.1) is 6.10 Å². The second kappa shape index (κ2) is 4.87. The number of hydrogen-bond acceptors (Lipinski definition) is 3. The van der Waals surface area contributed by atoms with Crippen molar-refractivity contribution >= 4 is 5.82 Å². The van der Waals surface area contributed by atoms with E-state index in [9.17, 15) is 0 Å². The molecule has 2 N–H and O–H groups in total. The molecule has 0 unspecified atom stereocenters. The number of aryl methyl sites for hydroxylation is 1. The predicted molar refractivity (Wildman–Crippen MR) is 52.3 cm³/mol. The van der Waals surface area contributed by atoms with Gasteiger partial charge in [-0.05, 0) is 26.3 Å². The minimum absolute atomic E-state index is 0.308. The fraction of sp³-hybridized carbons (Fsp3) is 0.667. The Hall–Kier alpha value is -1.03. The molecular weight excluding hydrogens is 166 g/mol. The molecular formula is C9H17N3O. The van der Waals surface area contributed by atoms with Crippen LogP contribution in [-0.2, 0) is 11.3 Å². The van der Waals surface area contributed by atoms with Gasteiger partial charge in [0.25, 0.3) is 0 Å². The molecule has 0 aliphatic rings. The number of nitrogen functional groups attached to an aromatic ring is 1. The van der Waals surface area contributed by atoms with Crippen LogP contribution in [0.2, 0.25) is 0 Å².